The van der Waals surface area contributed by atoms with E-state index in [9.17, 15) is 4.79 Å². The van der Waals surface area contributed by atoms with Gasteiger partial charge in [-0.1, -0.05) is 24.4 Å². The molecule has 0 atom stereocenters. The molecule has 1 aliphatic carbocycles. The number of aromatic nitrogens is 3. The van der Waals surface area contributed by atoms with Gasteiger partial charge in [-0.3, -0.25) is 0 Å². The number of nitrogens with one attached hydrogen (secondary N) is 2. The number of nitrogens with zero attached hydrogens (tertiary/aromatic N) is 3. The average molecular weight is 384 g/mol. The number of carbonyl (C=O) groups is 1. The minimum atomic E-state index is -0.237. The largest absolute Gasteiger partial charge is 0.337 e. The van der Waals surface area contributed by atoms with Crippen molar-refractivity contribution < 1.29 is 4.79 Å². The maximum Gasteiger partial charge on any atom is 0.319 e. The van der Waals surface area contributed by atoms with Crippen molar-refractivity contribution in [3.63, 3.8) is 0 Å². The third-order valence-electron chi connectivity index (χ3n) is 4.95. The molecule has 0 radical (unpaired) electrons. The predicted molar refractivity (Wildman–Crippen MR) is 107 cm³/mol. The highest BCUT2D eigenvalue weighted by Crippen LogP contribution is 2.33. The summed E-state index contributed by atoms with van der Waals surface area (Å²) in [6.45, 7) is 0.509. The van der Waals surface area contributed by atoms with Crippen LogP contribution in [0.5, 0.6) is 0 Å². The van der Waals surface area contributed by atoms with Crippen LogP contribution >= 0.6 is 11.6 Å². The second-order valence-electron chi connectivity index (χ2n) is 6.82. The van der Waals surface area contributed by atoms with E-state index >= 15 is 0 Å². The van der Waals surface area contributed by atoms with E-state index in [0.29, 0.717) is 29.7 Å². The Balaban J connectivity index is 1.42. The lowest BCUT2D eigenvalue weighted by Crippen LogP contribution is -2.31. The monoisotopic (exact) mass is 383 g/mol. The van der Waals surface area contributed by atoms with Crippen LogP contribution in [0.25, 0.3) is 11.2 Å². The Morgan fingerprint density at radius 3 is 2.74 bits per heavy atom. The van der Waals surface area contributed by atoms with Crippen LogP contribution in [-0.4, -0.2) is 27.1 Å². The number of fused-ring (bicyclic) bond motifs is 1. The molecule has 2 aromatic heterocycles. The number of halogens is 1. The molecule has 0 aliphatic heterocycles. The number of pyridine rings is 1. The summed E-state index contributed by atoms with van der Waals surface area (Å²) in [7, 11) is 0. The number of urea groups is 1. The molecule has 7 heteroatoms. The van der Waals surface area contributed by atoms with Gasteiger partial charge in [-0.05, 0) is 49.2 Å². The number of carbonyl (C=O) groups excluding carboxylic acids is 1. The minimum absolute atomic E-state index is 0.237. The highest BCUT2D eigenvalue weighted by molar-refractivity contribution is 6.30. The Kier molecular flexibility index (Phi) is 5.25. The molecule has 1 saturated carbocycles. The van der Waals surface area contributed by atoms with E-state index < -0.39 is 0 Å². The number of anilines is 1. The third-order valence-corrected chi connectivity index (χ3v) is 5.20. The van der Waals surface area contributed by atoms with Gasteiger partial charge in [0.25, 0.3) is 0 Å². The fraction of sp³-hybridized carbons (Fsp3) is 0.350. The molecule has 140 valence electrons. The summed E-state index contributed by atoms with van der Waals surface area (Å²) in [5.74, 6) is 0.988. The molecule has 2 amide bonds. The average Bonchev–Trinajstić information content (AvgIpc) is 3.30. The Hall–Kier alpha value is -2.60. The molecular weight excluding hydrogens is 362 g/mol. The molecule has 27 heavy (non-hydrogen) atoms. The Morgan fingerprint density at radius 2 is 1.96 bits per heavy atom. The first-order chi connectivity index (χ1) is 13.2. The van der Waals surface area contributed by atoms with Gasteiger partial charge in [0, 0.05) is 35.9 Å². The van der Waals surface area contributed by atoms with Gasteiger partial charge in [0.1, 0.15) is 11.3 Å². The standard InChI is InChI=1S/C20H22ClN5O/c21-14-7-9-15(10-8-14)24-20(27)23-13-11-18-25-17-6-3-12-22-19(17)26(18)16-4-1-2-5-16/h3,6-10,12,16H,1-2,4-5,11,13H2,(H2,23,24,27). The summed E-state index contributed by atoms with van der Waals surface area (Å²) < 4.78 is 2.28. The Morgan fingerprint density at radius 1 is 1.19 bits per heavy atom. The highest BCUT2D eigenvalue weighted by Gasteiger charge is 2.23. The van der Waals surface area contributed by atoms with Crippen molar-refractivity contribution in [1.82, 2.24) is 19.9 Å². The molecule has 1 aromatic carbocycles. The first kappa shape index (κ1) is 17.8. The number of imidazole rings is 1. The van der Waals surface area contributed by atoms with Gasteiger partial charge in [-0.2, -0.15) is 0 Å². The van der Waals surface area contributed by atoms with E-state index in [1.807, 2.05) is 18.3 Å². The lowest BCUT2D eigenvalue weighted by atomic mass is 10.2. The summed E-state index contributed by atoms with van der Waals surface area (Å²) in [5.41, 5.74) is 2.58. The molecule has 0 saturated heterocycles. The first-order valence-corrected chi connectivity index (χ1v) is 9.71. The van der Waals surface area contributed by atoms with E-state index in [4.69, 9.17) is 16.6 Å². The second-order valence-corrected chi connectivity index (χ2v) is 7.26. The van der Waals surface area contributed by atoms with Gasteiger partial charge in [0.2, 0.25) is 0 Å². The zero-order valence-electron chi connectivity index (χ0n) is 15.0. The smallest absolute Gasteiger partial charge is 0.319 e. The minimum Gasteiger partial charge on any atom is -0.337 e. The van der Waals surface area contributed by atoms with Crippen LogP contribution in [0, 0.1) is 0 Å². The molecule has 0 bridgehead atoms. The normalized spacial score (nSPS) is 14.6. The molecule has 2 heterocycles. The molecule has 1 fully saturated rings. The number of amides is 2. The first-order valence-electron chi connectivity index (χ1n) is 9.33. The van der Waals surface area contributed by atoms with Crippen molar-refractivity contribution in [3.05, 3.63) is 53.4 Å². The van der Waals surface area contributed by atoms with Gasteiger partial charge in [0.05, 0.1) is 0 Å². The lowest BCUT2D eigenvalue weighted by Gasteiger charge is -2.16. The summed E-state index contributed by atoms with van der Waals surface area (Å²) in [4.78, 5) is 21.4. The molecule has 0 unspecified atom stereocenters. The van der Waals surface area contributed by atoms with Gasteiger partial charge in [-0.25, -0.2) is 14.8 Å². The van der Waals surface area contributed by atoms with Crippen molar-refractivity contribution in [2.45, 2.75) is 38.1 Å². The van der Waals surface area contributed by atoms with Crippen molar-refractivity contribution in [2.75, 3.05) is 11.9 Å². The van der Waals surface area contributed by atoms with Crippen molar-refractivity contribution in [2.24, 2.45) is 0 Å². The highest BCUT2D eigenvalue weighted by atomic mass is 35.5. The molecule has 1 aliphatic rings. The van der Waals surface area contributed by atoms with Crippen LogP contribution in [-0.2, 0) is 6.42 Å². The van der Waals surface area contributed by atoms with Gasteiger partial charge >= 0.3 is 6.03 Å². The SMILES string of the molecule is O=C(NCCc1nc2cccnc2n1C1CCCC1)Nc1ccc(Cl)cc1. The quantitative estimate of drug-likeness (QED) is 0.678. The van der Waals surface area contributed by atoms with Crippen molar-refractivity contribution in [3.8, 4) is 0 Å². The summed E-state index contributed by atoms with van der Waals surface area (Å²) >= 11 is 5.86. The maximum absolute atomic E-state index is 12.1. The van der Waals surface area contributed by atoms with Gasteiger partial charge in [-0.15, -0.1) is 0 Å². The van der Waals surface area contributed by atoms with Crippen LogP contribution in [0.4, 0.5) is 10.5 Å². The maximum atomic E-state index is 12.1. The fourth-order valence-electron chi connectivity index (χ4n) is 3.70. The zero-order chi connectivity index (χ0) is 18.6. The molecule has 6 nitrogen and oxygen atoms in total. The van der Waals surface area contributed by atoms with Crippen LogP contribution in [0.2, 0.25) is 5.02 Å². The topological polar surface area (TPSA) is 71.8 Å². The van der Waals surface area contributed by atoms with E-state index in [-0.39, 0.29) is 6.03 Å². The lowest BCUT2D eigenvalue weighted by molar-refractivity contribution is 0.252. The van der Waals surface area contributed by atoms with E-state index in [1.165, 1.54) is 25.7 Å². The molecule has 2 N–H and O–H groups in total. The van der Waals surface area contributed by atoms with Gasteiger partial charge < -0.3 is 15.2 Å². The number of hydrogen-bond donors (Lipinski definition) is 2. The second kappa shape index (κ2) is 7.96. The van der Waals surface area contributed by atoms with Crippen molar-refractivity contribution in [1.29, 1.82) is 0 Å². The summed E-state index contributed by atoms with van der Waals surface area (Å²) in [6.07, 6.45) is 7.31. The number of hydrogen-bond acceptors (Lipinski definition) is 3. The zero-order valence-corrected chi connectivity index (χ0v) is 15.7. The summed E-state index contributed by atoms with van der Waals surface area (Å²) in [6, 6.07) is 11.2. The van der Waals surface area contributed by atoms with Crippen LogP contribution in [0.1, 0.15) is 37.5 Å². The molecule has 4 rings (SSSR count). The Bertz CT molecular complexity index is 931. The third kappa shape index (κ3) is 4.06. The number of benzene rings is 1. The van der Waals surface area contributed by atoms with Crippen LogP contribution in [0.3, 0.4) is 0 Å². The van der Waals surface area contributed by atoms with Gasteiger partial charge in [0.15, 0.2) is 5.65 Å². The van der Waals surface area contributed by atoms with Crippen LogP contribution < -0.4 is 10.6 Å². The number of rotatable bonds is 5. The molecular formula is C20H22ClN5O. The molecule has 3 aromatic rings. The van der Waals surface area contributed by atoms with E-state index in [2.05, 4.69) is 20.2 Å². The van der Waals surface area contributed by atoms with E-state index in [1.54, 1.807) is 24.3 Å². The van der Waals surface area contributed by atoms with E-state index in [0.717, 1.165) is 17.0 Å². The van der Waals surface area contributed by atoms with Crippen molar-refractivity contribution >= 4 is 34.5 Å². The van der Waals surface area contributed by atoms with Crippen LogP contribution in [0.15, 0.2) is 42.6 Å². The predicted octanol–water partition coefficient (Wildman–Crippen LogP) is 4.56. The fourth-order valence-corrected chi connectivity index (χ4v) is 3.82. The summed E-state index contributed by atoms with van der Waals surface area (Å²) in [5, 5.41) is 6.34. The molecule has 0 spiro atoms. The Labute approximate surface area is 163 Å².